The minimum absolute atomic E-state index is 0.00845. The number of carbonyl (C=O) groups is 2. The van der Waals surface area contributed by atoms with E-state index in [0.717, 1.165) is 50.8 Å². The van der Waals surface area contributed by atoms with Gasteiger partial charge in [-0.25, -0.2) is 9.59 Å². The molecule has 1 aromatic rings. The van der Waals surface area contributed by atoms with Gasteiger partial charge < -0.3 is 14.4 Å². The normalized spacial score (nSPS) is 36.1. The van der Waals surface area contributed by atoms with Crippen molar-refractivity contribution in [2.45, 2.75) is 76.9 Å². The van der Waals surface area contributed by atoms with Gasteiger partial charge in [0.15, 0.2) is 0 Å². The number of benzene rings is 1. The topological polar surface area (TPSA) is 55.8 Å². The number of unbranched alkanes of at least 4 members (excludes halogenated alkanes) is 1. The van der Waals surface area contributed by atoms with Crippen molar-refractivity contribution in [3.05, 3.63) is 53.3 Å². The fourth-order valence-corrected chi connectivity index (χ4v) is 7.67. The largest absolute Gasteiger partial charge is 0.418 e. The van der Waals surface area contributed by atoms with Gasteiger partial charge in [0.25, 0.3) is 5.79 Å². The van der Waals surface area contributed by atoms with Crippen LogP contribution in [0.2, 0.25) is 0 Å². The summed E-state index contributed by atoms with van der Waals surface area (Å²) in [5.41, 5.74) is 3.33. The van der Waals surface area contributed by atoms with Crippen molar-refractivity contribution < 1.29 is 19.1 Å². The highest BCUT2D eigenvalue weighted by molar-refractivity contribution is 6.15. The molecule has 5 fully saturated rings. The first-order valence-electron chi connectivity index (χ1n) is 13.1. The van der Waals surface area contributed by atoms with E-state index < -0.39 is 17.7 Å². The monoisotopic (exact) mass is 461 g/mol. The molecule has 0 N–H and O–H groups in total. The molecule has 4 bridgehead atoms. The molecule has 2 aliphatic heterocycles. The van der Waals surface area contributed by atoms with E-state index in [1.165, 1.54) is 17.7 Å². The smallest absolute Gasteiger partial charge is 0.348 e. The van der Waals surface area contributed by atoms with E-state index in [2.05, 4.69) is 49.9 Å². The zero-order valence-electron chi connectivity index (χ0n) is 20.5. The molecule has 4 saturated carbocycles. The lowest BCUT2D eigenvalue weighted by atomic mass is 9.53. The summed E-state index contributed by atoms with van der Waals surface area (Å²) in [7, 11) is 0. The lowest BCUT2D eigenvalue weighted by Gasteiger charge is -2.59. The second-order valence-corrected chi connectivity index (χ2v) is 11.6. The first-order chi connectivity index (χ1) is 16.3. The standard InChI is InChI=1S/C29H35NO4/c1-4-5-12-30-24-9-7-6-8-23(24)28(2,3)25(30)11-10-22-26(31)33-29(34-27(22)32)20-14-18-13-19(16-20)17-21(29)15-18/h6-11,18-21H,4-5,12-17H2,1-3H3. The van der Waals surface area contributed by atoms with Crippen LogP contribution in [0.3, 0.4) is 0 Å². The molecule has 0 atom stereocenters. The van der Waals surface area contributed by atoms with Gasteiger partial charge in [-0.3, -0.25) is 0 Å². The molecule has 5 heteroatoms. The number of fused-ring (bicyclic) bond motifs is 1. The molecule has 1 aromatic carbocycles. The first kappa shape index (κ1) is 21.9. The number of allylic oxidation sites excluding steroid dienone is 3. The van der Waals surface area contributed by atoms with Crippen LogP contribution in [0.5, 0.6) is 0 Å². The predicted octanol–water partition coefficient (Wildman–Crippen LogP) is 5.65. The molecule has 0 amide bonds. The number of anilines is 1. The van der Waals surface area contributed by atoms with Crippen LogP contribution < -0.4 is 4.90 Å². The number of carbonyl (C=O) groups excluding carboxylic acids is 2. The third-order valence-electron chi connectivity index (χ3n) is 9.16. The summed E-state index contributed by atoms with van der Waals surface area (Å²) >= 11 is 0. The highest BCUT2D eigenvalue weighted by Gasteiger charge is 2.64. The fourth-order valence-electron chi connectivity index (χ4n) is 7.67. The third kappa shape index (κ3) is 3.11. The average Bonchev–Trinajstić information content (AvgIpc) is 3.01. The Morgan fingerprint density at radius 3 is 2.18 bits per heavy atom. The van der Waals surface area contributed by atoms with Gasteiger partial charge in [0.1, 0.15) is 5.57 Å². The molecule has 7 rings (SSSR count). The molecule has 0 unspecified atom stereocenters. The Hall–Kier alpha value is -2.56. The molecule has 180 valence electrons. The SMILES string of the molecule is CCCCN1C(=CC=C2C(=O)OC3(OC2=O)C2CC4CC(C2)CC3C4)C(C)(C)c2ccccc21. The van der Waals surface area contributed by atoms with Crippen molar-refractivity contribution in [2.75, 3.05) is 11.4 Å². The molecule has 1 saturated heterocycles. The van der Waals surface area contributed by atoms with Crippen molar-refractivity contribution in [1.29, 1.82) is 0 Å². The molecule has 0 aromatic heterocycles. The molecule has 0 radical (unpaired) electrons. The van der Waals surface area contributed by atoms with Gasteiger partial charge in [0.2, 0.25) is 0 Å². The van der Waals surface area contributed by atoms with Gasteiger partial charge in [-0.2, -0.15) is 0 Å². The zero-order chi connectivity index (χ0) is 23.7. The number of hydrogen-bond acceptors (Lipinski definition) is 5. The number of para-hydroxylation sites is 1. The summed E-state index contributed by atoms with van der Waals surface area (Å²) in [6, 6.07) is 8.46. The van der Waals surface area contributed by atoms with Crippen molar-refractivity contribution in [1.82, 2.24) is 0 Å². The van der Waals surface area contributed by atoms with E-state index in [9.17, 15) is 9.59 Å². The van der Waals surface area contributed by atoms with E-state index in [4.69, 9.17) is 9.47 Å². The Morgan fingerprint density at radius 1 is 0.941 bits per heavy atom. The van der Waals surface area contributed by atoms with Crippen LogP contribution in [-0.4, -0.2) is 24.3 Å². The number of ether oxygens (including phenoxy) is 2. The lowest BCUT2D eigenvalue weighted by molar-refractivity contribution is -0.313. The van der Waals surface area contributed by atoms with Crippen molar-refractivity contribution in [3.63, 3.8) is 0 Å². The summed E-state index contributed by atoms with van der Waals surface area (Å²) in [4.78, 5) is 28.7. The molecule has 34 heavy (non-hydrogen) atoms. The van der Waals surface area contributed by atoms with Crippen LogP contribution >= 0.6 is 0 Å². The summed E-state index contributed by atoms with van der Waals surface area (Å²) < 4.78 is 12.1. The van der Waals surface area contributed by atoms with Gasteiger partial charge in [0.05, 0.1) is 0 Å². The zero-order valence-corrected chi connectivity index (χ0v) is 20.5. The van der Waals surface area contributed by atoms with Crippen LogP contribution in [0.1, 0.15) is 71.3 Å². The maximum absolute atomic E-state index is 13.2. The number of esters is 2. The van der Waals surface area contributed by atoms with Crippen molar-refractivity contribution in [2.24, 2.45) is 23.7 Å². The van der Waals surface area contributed by atoms with E-state index >= 15 is 0 Å². The molecule has 5 nitrogen and oxygen atoms in total. The van der Waals surface area contributed by atoms with E-state index in [1.54, 1.807) is 6.08 Å². The van der Waals surface area contributed by atoms with Crippen LogP contribution in [-0.2, 0) is 24.5 Å². The first-order valence-corrected chi connectivity index (χ1v) is 13.1. The van der Waals surface area contributed by atoms with Gasteiger partial charge in [-0.1, -0.05) is 45.4 Å². The van der Waals surface area contributed by atoms with Gasteiger partial charge in [-0.05, 0) is 74.1 Å². The number of nitrogens with zero attached hydrogens (tertiary/aromatic N) is 1. The maximum Gasteiger partial charge on any atom is 0.348 e. The molecular formula is C29H35NO4. The quantitative estimate of drug-likeness (QED) is 0.330. The number of hydrogen-bond donors (Lipinski definition) is 0. The number of rotatable bonds is 4. The highest BCUT2D eigenvalue weighted by atomic mass is 16.7. The molecular weight excluding hydrogens is 426 g/mol. The second-order valence-electron chi connectivity index (χ2n) is 11.6. The minimum atomic E-state index is -1.03. The summed E-state index contributed by atoms with van der Waals surface area (Å²) in [6.45, 7) is 7.48. The minimum Gasteiger partial charge on any atom is -0.418 e. The van der Waals surface area contributed by atoms with Crippen LogP contribution in [0.25, 0.3) is 0 Å². The molecule has 6 aliphatic rings. The summed E-state index contributed by atoms with van der Waals surface area (Å²) in [5, 5.41) is 0. The van der Waals surface area contributed by atoms with Gasteiger partial charge >= 0.3 is 11.9 Å². The van der Waals surface area contributed by atoms with E-state index in [0.29, 0.717) is 11.8 Å². The second kappa shape index (κ2) is 7.73. The lowest BCUT2D eigenvalue weighted by Crippen LogP contribution is -2.63. The Morgan fingerprint density at radius 2 is 1.56 bits per heavy atom. The Balaban J connectivity index is 1.31. The van der Waals surface area contributed by atoms with Crippen molar-refractivity contribution in [3.8, 4) is 0 Å². The molecule has 4 aliphatic carbocycles. The summed E-state index contributed by atoms with van der Waals surface area (Å²) in [6.07, 6.45) is 11.1. The maximum atomic E-state index is 13.2. The average molecular weight is 462 g/mol. The Bertz CT molecular complexity index is 1050. The third-order valence-corrected chi connectivity index (χ3v) is 9.16. The van der Waals surface area contributed by atoms with Gasteiger partial charge in [-0.15, -0.1) is 0 Å². The Labute approximate surface area is 202 Å². The fraction of sp³-hybridized carbons (Fsp3) is 0.586. The molecule has 1 spiro atoms. The Kier molecular flexibility index (Phi) is 4.98. The van der Waals surface area contributed by atoms with Crippen LogP contribution in [0.15, 0.2) is 47.7 Å². The summed E-state index contributed by atoms with van der Waals surface area (Å²) in [5.74, 6) is -0.348. The predicted molar refractivity (Wildman–Crippen MR) is 130 cm³/mol. The van der Waals surface area contributed by atoms with E-state index in [1.807, 2.05) is 6.08 Å². The van der Waals surface area contributed by atoms with Gasteiger partial charge in [0, 0.05) is 35.2 Å². The van der Waals surface area contributed by atoms with E-state index in [-0.39, 0.29) is 22.8 Å². The van der Waals surface area contributed by atoms with Crippen molar-refractivity contribution >= 4 is 17.6 Å². The highest BCUT2D eigenvalue weighted by Crippen LogP contribution is 2.61. The molecule has 2 heterocycles. The van der Waals surface area contributed by atoms with Crippen LogP contribution in [0, 0.1) is 23.7 Å². The van der Waals surface area contributed by atoms with Crippen LogP contribution in [0.4, 0.5) is 5.69 Å².